The number of β-lactam (4-membered cyclic amide) rings is 1. The third kappa shape index (κ3) is 2.59. The first-order valence-corrected chi connectivity index (χ1v) is 7.62. The Morgan fingerprint density at radius 2 is 1.61 bits per heavy atom. The van der Waals surface area contributed by atoms with Crippen molar-refractivity contribution in [3.8, 4) is 0 Å². The molecular formula is C18H18N2O3. The van der Waals surface area contributed by atoms with E-state index in [0.29, 0.717) is 0 Å². The second kappa shape index (κ2) is 5.83. The van der Waals surface area contributed by atoms with Crippen molar-refractivity contribution in [1.82, 2.24) is 4.90 Å². The topological polar surface area (TPSA) is 63.5 Å². The summed E-state index contributed by atoms with van der Waals surface area (Å²) >= 11 is 0. The number of carbonyl (C=O) groups excluding carboxylic acids is 1. The molecule has 1 fully saturated rings. The molecule has 0 unspecified atom stereocenters. The summed E-state index contributed by atoms with van der Waals surface area (Å²) in [6, 6.07) is 16.2. The molecule has 2 atom stereocenters. The van der Waals surface area contributed by atoms with Gasteiger partial charge in [0.25, 0.3) is 5.69 Å². The number of nitrogens with zero attached hydrogens (tertiary/aromatic N) is 2. The van der Waals surface area contributed by atoms with Gasteiger partial charge in [-0.2, -0.15) is 0 Å². The van der Waals surface area contributed by atoms with E-state index >= 15 is 0 Å². The highest BCUT2D eigenvalue weighted by atomic mass is 16.6. The second-order valence-corrected chi connectivity index (χ2v) is 6.02. The van der Waals surface area contributed by atoms with Crippen molar-refractivity contribution in [2.24, 2.45) is 0 Å². The molecule has 5 heteroatoms. The first-order chi connectivity index (χ1) is 11.0. The summed E-state index contributed by atoms with van der Waals surface area (Å²) in [6.07, 6.45) is 0. The number of hydrogen-bond acceptors (Lipinski definition) is 3. The lowest BCUT2D eigenvalue weighted by atomic mass is 9.77. The molecule has 1 saturated heterocycles. The summed E-state index contributed by atoms with van der Waals surface area (Å²) in [4.78, 5) is 24.8. The Morgan fingerprint density at radius 3 is 2.13 bits per heavy atom. The van der Waals surface area contributed by atoms with Gasteiger partial charge in [-0.15, -0.1) is 0 Å². The zero-order valence-corrected chi connectivity index (χ0v) is 13.0. The molecule has 5 nitrogen and oxygen atoms in total. The maximum Gasteiger partial charge on any atom is 0.269 e. The highest BCUT2D eigenvalue weighted by Crippen LogP contribution is 2.47. The smallest absolute Gasteiger partial charge is 0.269 e. The average Bonchev–Trinajstić information content (AvgIpc) is 2.53. The number of benzene rings is 2. The fourth-order valence-corrected chi connectivity index (χ4v) is 3.22. The summed E-state index contributed by atoms with van der Waals surface area (Å²) in [5.74, 6) is -0.116. The van der Waals surface area contributed by atoms with Crippen molar-refractivity contribution in [1.29, 1.82) is 0 Å². The minimum atomic E-state index is -0.412. The van der Waals surface area contributed by atoms with Crippen LogP contribution in [0.1, 0.15) is 36.9 Å². The normalized spacial score (nSPS) is 20.5. The molecule has 0 spiro atoms. The molecule has 0 aliphatic carbocycles. The molecule has 1 heterocycles. The molecule has 0 saturated carbocycles. The monoisotopic (exact) mass is 310 g/mol. The first-order valence-electron chi connectivity index (χ1n) is 7.62. The number of hydrogen-bond donors (Lipinski definition) is 0. The number of carbonyl (C=O) groups is 1. The van der Waals surface area contributed by atoms with Crippen LogP contribution in [0, 0.1) is 10.1 Å². The maximum atomic E-state index is 12.6. The van der Waals surface area contributed by atoms with E-state index in [9.17, 15) is 14.9 Å². The molecule has 2 aromatic carbocycles. The van der Waals surface area contributed by atoms with Gasteiger partial charge in [0.15, 0.2) is 0 Å². The van der Waals surface area contributed by atoms with Crippen LogP contribution in [0.25, 0.3) is 0 Å². The van der Waals surface area contributed by atoms with E-state index in [1.54, 1.807) is 12.1 Å². The Hall–Kier alpha value is -2.69. The van der Waals surface area contributed by atoms with Gasteiger partial charge in [-0.25, -0.2) is 0 Å². The third-order valence-corrected chi connectivity index (χ3v) is 4.30. The molecule has 0 N–H and O–H groups in total. The van der Waals surface area contributed by atoms with Gasteiger partial charge in [-0.3, -0.25) is 14.9 Å². The zero-order valence-electron chi connectivity index (χ0n) is 13.0. The number of rotatable bonds is 4. The molecule has 0 aromatic heterocycles. The van der Waals surface area contributed by atoms with E-state index in [1.165, 1.54) is 12.1 Å². The molecular weight excluding hydrogens is 292 g/mol. The van der Waals surface area contributed by atoms with Gasteiger partial charge in [0, 0.05) is 18.2 Å². The van der Waals surface area contributed by atoms with Crippen LogP contribution >= 0.6 is 0 Å². The van der Waals surface area contributed by atoms with E-state index < -0.39 is 4.92 Å². The molecule has 2 aromatic rings. The van der Waals surface area contributed by atoms with E-state index in [-0.39, 0.29) is 29.6 Å². The van der Waals surface area contributed by atoms with Crippen LogP contribution in [0.3, 0.4) is 0 Å². The van der Waals surface area contributed by atoms with Crippen LogP contribution in [0.5, 0.6) is 0 Å². The summed E-state index contributed by atoms with van der Waals surface area (Å²) in [7, 11) is 0. The van der Waals surface area contributed by atoms with Crippen LogP contribution in [0.15, 0.2) is 54.6 Å². The van der Waals surface area contributed by atoms with Gasteiger partial charge in [-0.1, -0.05) is 42.5 Å². The highest BCUT2D eigenvalue weighted by molar-refractivity contribution is 5.91. The quantitative estimate of drug-likeness (QED) is 0.492. The lowest BCUT2D eigenvalue weighted by Crippen LogP contribution is -2.56. The summed E-state index contributed by atoms with van der Waals surface area (Å²) in [6.45, 7) is 3.97. The summed E-state index contributed by atoms with van der Waals surface area (Å²) in [5, 5.41) is 10.8. The Bertz CT molecular complexity index is 726. The van der Waals surface area contributed by atoms with Crippen LogP contribution in [0.2, 0.25) is 0 Å². The Morgan fingerprint density at radius 1 is 1.00 bits per heavy atom. The lowest BCUT2D eigenvalue weighted by molar-refractivity contribution is -0.384. The molecule has 0 radical (unpaired) electrons. The SMILES string of the molecule is CC(C)N1C(=O)[C@H](c2ccccc2)[C@@H]1c1ccc([N+](=O)[O-])cc1. The fourth-order valence-electron chi connectivity index (χ4n) is 3.22. The zero-order chi connectivity index (χ0) is 16.6. The van der Waals surface area contributed by atoms with Crippen LogP contribution < -0.4 is 0 Å². The minimum Gasteiger partial charge on any atom is -0.331 e. The number of nitro groups is 1. The predicted molar refractivity (Wildman–Crippen MR) is 87.0 cm³/mol. The van der Waals surface area contributed by atoms with Gasteiger partial charge in [-0.05, 0) is 25.0 Å². The van der Waals surface area contributed by atoms with Crippen molar-refractivity contribution in [2.75, 3.05) is 0 Å². The van der Waals surface area contributed by atoms with Crippen LogP contribution in [0.4, 0.5) is 5.69 Å². The van der Waals surface area contributed by atoms with Crippen molar-refractivity contribution in [3.63, 3.8) is 0 Å². The fraction of sp³-hybridized carbons (Fsp3) is 0.278. The van der Waals surface area contributed by atoms with Gasteiger partial charge in [0.2, 0.25) is 5.91 Å². The maximum absolute atomic E-state index is 12.6. The highest BCUT2D eigenvalue weighted by Gasteiger charge is 2.49. The molecule has 0 bridgehead atoms. The molecule has 23 heavy (non-hydrogen) atoms. The third-order valence-electron chi connectivity index (χ3n) is 4.30. The molecule has 1 aliphatic heterocycles. The molecule has 118 valence electrons. The number of non-ortho nitro benzene ring substituents is 1. The van der Waals surface area contributed by atoms with Crippen molar-refractivity contribution in [3.05, 3.63) is 75.8 Å². The van der Waals surface area contributed by atoms with Gasteiger partial charge in [0.1, 0.15) is 0 Å². The summed E-state index contributed by atoms with van der Waals surface area (Å²) < 4.78 is 0. The number of amides is 1. The van der Waals surface area contributed by atoms with Crippen molar-refractivity contribution in [2.45, 2.75) is 31.8 Å². The average molecular weight is 310 g/mol. The standard InChI is InChI=1S/C18H18N2O3/c1-12(2)19-17(14-8-10-15(11-9-14)20(22)23)16(18(19)21)13-6-4-3-5-7-13/h3-12,16-17H,1-2H3/t16-,17+/m1/s1. The predicted octanol–water partition coefficient (Wildman–Crippen LogP) is 3.67. The van der Waals surface area contributed by atoms with Crippen LogP contribution in [-0.4, -0.2) is 21.8 Å². The number of nitro benzene ring substituents is 1. The van der Waals surface area contributed by atoms with Gasteiger partial charge in [0.05, 0.1) is 16.9 Å². The van der Waals surface area contributed by atoms with Gasteiger partial charge >= 0.3 is 0 Å². The molecule has 1 aliphatic rings. The second-order valence-electron chi connectivity index (χ2n) is 6.02. The van der Waals surface area contributed by atoms with Crippen LogP contribution in [-0.2, 0) is 4.79 Å². The van der Waals surface area contributed by atoms with E-state index in [4.69, 9.17) is 0 Å². The van der Waals surface area contributed by atoms with Crippen molar-refractivity contribution < 1.29 is 9.72 Å². The Balaban J connectivity index is 1.98. The molecule has 3 rings (SSSR count). The Kier molecular flexibility index (Phi) is 3.86. The van der Waals surface area contributed by atoms with E-state index in [1.807, 2.05) is 49.1 Å². The lowest BCUT2D eigenvalue weighted by Gasteiger charge is -2.50. The minimum absolute atomic E-state index is 0.0618. The van der Waals surface area contributed by atoms with E-state index in [0.717, 1.165) is 11.1 Å². The molecule has 1 amide bonds. The largest absolute Gasteiger partial charge is 0.331 e. The Labute approximate surface area is 134 Å². The van der Waals surface area contributed by atoms with E-state index in [2.05, 4.69) is 0 Å². The van der Waals surface area contributed by atoms with Crippen molar-refractivity contribution >= 4 is 11.6 Å². The number of likely N-dealkylation sites (tertiary alicyclic amines) is 1. The van der Waals surface area contributed by atoms with Gasteiger partial charge < -0.3 is 4.90 Å². The first kappa shape index (κ1) is 15.2. The summed E-state index contributed by atoms with van der Waals surface area (Å²) in [5.41, 5.74) is 1.97.